The van der Waals surface area contributed by atoms with Gasteiger partial charge in [-0.1, -0.05) is 0 Å². The summed E-state index contributed by atoms with van der Waals surface area (Å²) in [5, 5.41) is 14.2. The number of quaternary nitrogens is 1. The Hall–Kier alpha value is -0.515. The van der Waals surface area contributed by atoms with E-state index in [-0.39, 0.29) is 11.6 Å². The van der Waals surface area contributed by atoms with Crippen LogP contribution < -0.4 is 10.3 Å². The molecule has 0 saturated carbocycles. The first-order valence-corrected chi connectivity index (χ1v) is 4.09. The van der Waals surface area contributed by atoms with Crippen LogP contribution in [0.4, 0.5) is 5.00 Å². The van der Waals surface area contributed by atoms with Crippen molar-refractivity contribution in [2.24, 2.45) is 0 Å². The van der Waals surface area contributed by atoms with Crippen LogP contribution in [0.25, 0.3) is 0 Å². The van der Waals surface area contributed by atoms with Gasteiger partial charge < -0.3 is 15.5 Å². The van der Waals surface area contributed by atoms with Gasteiger partial charge in [0.15, 0.2) is 0 Å². The van der Waals surface area contributed by atoms with Gasteiger partial charge in [-0.05, 0) is 19.1 Å². The SMILES string of the molecule is [B][NH+]([O-])CNc1ccc(C)s1. The maximum absolute atomic E-state index is 10.3. The van der Waals surface area contributed by atoms with Gasteiger partial charge in [0.2, 0.25) is 0 Å². The Balaban J connectivity index is 2.39. The molecule has 58 valence electrons. The van der Waals surface area contributed by atoms with Crippen LogP contribution in [0, 0.1) is 12.1 Å². The summed E-state index contributed by atoms with van der Waals surface area (Å²) >= 11 is 1.61. The van der Waals surface area contributed by atoms with Crippen molar-refractivity contribution in [3.05, 3.63) is 22.2 Å². The van der Waals surface area contributed by atoms with E-state index in [4.69, 9.17) is 7.98 Å². The van der Waals surface area contributed by atoms with E-state index in [1.54, 1.807) is 11.3 Å². The molecular formula is C6H9BN2OS. The van der Waals surface area contributed by atoms with Crippen molar-refractivity contribution in [1.82, 2.24) is 0 Å². The minimum atomic E-state index is -0.337. The van der Waals surface area contributed by atoms with E-state index < -0.39 is 0 Å². The van der Waals surface area contributed by atoms with Crippen LogP contribution in [0.15, 0.2) is 12.1 Å². The molecular weight excluding hydrogens is 159 g/mol. The van der Waals surface area contributed by atoms with Crippen LogP contribution in [0.2, 0.25) is 0 Å². The average Bonchev–Trinajstić information content (AvgIpc) is 2.31. The first-order valence-electron chi connectivity index (χ1n) is 3.27. The number of hydroxylamine groups is 1. The second kappa shape index (κ2) is 3.76. The topological polar surface area (TPSA) is 39.5 Å². The molecule has 1 aromatic heterocycles. The first-order chi connectivity index (χ1) is 5.18. The van der Waals surface area contributed by atoms with Crippen molar-refractivity contribution >= 4 is 24.3 Å². The van der Waals surface area contributed by atoms with Crippen LogP contribution in [-0.2, 0) is 0 Å². The fourth-order valence-corrected chi connectivity index (χ4v) is 1.47. The van der Waals surface area contributed by atoms with E-state index in [9.17, 15) is 5.21 Å². The number of rotatable bonds is 3. The Morgan fingerprint density at radius 2 is 2.45 bits per heavy atom. The Morgan fingerprint density at radius 1 is 1.73 bits per heavy atom. The minimum Gasteiger partial charge on any atom is -0.657 e. The molecule has 0 spiro atoms. The second-order valence-electron chi connectivity index (χ2n) is 2.23. The van der Waals surface area contributed by atoms with Gasteiger partial charge in [-0.15, -0.1) is 11.3 Å². The van der Waals surface area contributed by atoms with Gasteiger partial charge in [-0.2, -0.15) is 0 Å². The molecule has 1 atom stereocenters. The van der Waals surface area contributed by atoms with Gasteiger partial charge in [-0.25, -0.2) is 0 Å². The third kappa shape index (κ3) is 2.92. The zero-order valence-corrected chi connectivity index (χ0v) is 7.07. The highest BCUT2D eigenvalue weighted by molar-refractivity contribution is 7.16. The van der Waals surface area contributed by atoms with Gasteiger partial charge in [0, 0.05) is 4.88 Å². The molecule has 1 heterocycles. The minimum absolute atomic E-state index is 0.208. The average molecular weight is 168 g/mol. The van der Waals surface area contributed by atoms with Crippen molar-refractivity contribution < 1.29 is 4.97 Å². The maximum Gasteiger partial charge on any atom is 0.481 e. The molecule has 0 aromatic carbocycles. The largest absolute Gasteiger partial charge is 0.657 e. The highest BCUT2D eigenvalue weighted by Gasteiger charge is 1.94. The molecule has 5 heteroatoms. The molecule has 2 radical (unpaired) electrons. The van der Waals surface area contributed by atoms with Crippen molar-refractivity contribution in [2.45, 2.75) is 6.92 Å². The molecule has 1 rings (SSSR count). The Morgan fingerprint density at radius 3 is 2.91 bits per heavy atom. The predicted molar refractivity (Wildman–Crippen MR) is 47.6 cm³/mol. The van der Waals surface area contributed by atoms with Gasteiger partial charge in [0.25, 0.3) is 0 Å². The molecule has 0 amide bonds. The summed E-state index contributed by atoms with van der Waals surface area (Å²) in [4.78, 5) is 0.882. The lowest BCUT2D eigenvalue weighted by Gasteiger charge is -2.16. The Labute approximate surface area is 71.0 Å². The van der Waals surface area contributed by atoms with Crippen molar-refractivity contribution in [1.29, 1.82) is 0 Å². The summed E-state index contributed by atoms with van der Waals surface area (Å²) in [6, 6.07) is 3.93. The molecule has 0 fully saturated rings. The summed E-state index contributed by atoms with van der Waals surface area (Å²) in [7, 11) is 4.95. The molecule has 1 unspecified atom stereocenters. The fourth-order valence-electron chi connectivity index (χ4n) is 0.704. The van der Waals surface area contributed by atoms with Crippen LogP contribution in [-0.4, -0.2) is 14.6 Å². The summed E-state index contributed by atoms with van der Waals surface area (Å²) in [6.07, 6.45) is 0. The number of thiophene rings is 1. The van der Waals surface area contributed by atoms with E-state index in [2.05, 4.69) is 5.32 Å². The van der Waals surface area contributed by atoms with Crippen LogP contribution in [0.3, 0.4) is 0 Å². The second-order valence-corrected chi connectivity index (χ2v) is 3.52. The zero-order valence-electron chi connectivity index (χ0n) is 6.26. The van der Waals surface area contributed by atoms with Crippen molar-refractivity contribution in [2.75, 3.05) is 12.0 Å². The van der Waals surface area contributed by atoms with Gasteiger partial charge in [0.1, 0.15) is 6.67 Å². The molecule has 0 aliphatic heterocycles. The number of hydrogen-bond donors (Lipinski definition) is 2. The van der Waals surface area contributed by atoms with Gasteiger partial charge in [-0.3, -0.25) is 0 Å². The van der Waals surface area contributed by atoms with E-state index in [1.165, 1.54) is 4.88 Å². The predicted octanol–water partition coefficient (Wildman–Crippen LogP) is -0.108. The normalized spacial score (nSPS) is 12.9. The van der Waals surface area contributed by atoms with Crippen LogP contribution >= 0.6 is 11.3 Å². The molecule has 1 aromatic rings. The van der Waals surface area contributed by atoms with Crippen LogP contribution in [0.5, 0.6) is 0 Å². The highest BCUT2D eigenvalue weighted by atomic mass is 32.1. The lowest BCUT2D eigenvalue weighted by molar-refractivity contribution is -0.714. The van der Waals surface area contributed by atoms with Crippen molar-refractivity contribution in [3.63, 3.8) is 0 Å². The number of anilines is 1. The summed E-state index contributed by atoms with van der Waals surface area (Å²) < 4.78 is 0. The summed E-state index contributed by atoms with van der Waals surface area (Å²) in [6.45, 7) is 2.22. The smallest absolute Gasteiger partial charge is 0.481 e. The lowest BCUT2D eigenvalue weighted by Crippen LogP contribution is -3.06. The van der Waals surface area contributed by atoms with E-state index in [0.717, 1.165) is 5.00 Å². The summed E-state index contributed by atoms with van der Waals surface area (Å²) in [5.74, 6) is 0. The zero-order chi connectivity index (χ0) is 8.27. The lowest BCUT2D eigenvalue weighted by atomic mass is 10.4. The Kier molecular flexibility index (Phi) is 2.93. The van der Waals surface area contributed by atoms with Gasteiger partial charge in [0.05, 0.1) is 5.00 Å². The van der Waals surface area contributed by atoms with E-state index >= 15 is 0 Å². The molecule has 0 aliphatic carbocycles. The monoisotopic (exact) mass is 168 g/mol. The highest BCUT2D eigenvalue weighted by Crippen LogP contribution is 2.19. The molecule has 2 N–H and O–H groups in total. The quantitative estimate of drug-likeness (QED) is 0.375. The maximum atomic E-state index is 10.3. The number of hydrogen-bond acceptors (Lipinski definition) is 3. The fraction of sp³-hybridized carbons (Fsp3) is 0.333. The number of aryl methyl sites for hydroxylation is 1. The standard InChI is InChI=1S/C6H9BN2OS/c1-5-2-3-6(11-5)8-4-9(7)10/h2-3,8-9H,4H2,1H3. The van der Waals surface area contributed by atoms with E-state index in [0.29, 0.717) is 0 Å². The van der Waals surface area contributed by atoms with Gasteiger partial charge >= 0.3 is 7.98 Å². The molecule has 0 saturated heterocycles. The van der Waals surface area contributed by atoms with E-state index in [1.807, 2.05) is 19.1 Å². The van der Waals surface area contributed by atoms with Crippen LogP contribution in [0.1, 0.15) is 4.88 Å². The summed E-state index contributed by atoms with van der Waals surface area (Å²) in [5.41, 5.74) is 0. The molecule has 3 nitrogen and oxygen atoms in total. The first kappa shape index (κ1) is 8.58. The Bertz CT molecular complexity index is 226. The van der Waals surface area contributed by atoms with Crippen molar-refractivity contribution in [3.8, 4) is 0 Å². The molecule has 0 aliphatic rings. The molecule has 0 bridgehead atoms. The molecule has 11 heavy (non-hydrogen) atoms. The third-order valence-electron chi connectivity index (χ3n) is 1.18. The number of nitrogens with one attached hydrogen (secondary N) is 2. The third-order valence-corrected chi connectivity index (χ3v) is 2.14.